The zero-order valence-electron chi connectivity index (χ0n) is 13.7. The van der Waals surface area contributed by atoms with Crippen LogP contribution in [0.2, 0.25) is 0 Å². The molecule has 2 heterocycles. The molecule has 0 fully saturated rings. The minimum absolute atomic E-state index is 0.0468. The van der Waals surface area contributed by atoms with Gasteiger partial charge in [-0.2, -0.15) is 0 Å². The van der Waals surface area contributed by atoms with Gasteiger partial charge in [0.1, 0.15) is 0 Å². The number of aromatic nitrogens is 3. The third kappa shape index (κ3) is 3.40. The topological polar surface area (TPSA) is 65.8 Å². The summed E-state index contributed by atoms with van der Waals surface area (Å²) in [6, 6.07) is 12.9. The van der Waals surface area contributed by atoms with Crippen LogP contribution < -0.4 is 11.3 Å². The molecular weight excluding hydrogens is 288 g/mol. The first kappa shape index (κ1) is 16.7. The second-order valence-electron chi connectivity index (χ2n) is 4.78. The van der Waals surface area contributed by atoms with E-state index in [0.29, 0.717) is 6.54 Å². The van der Waals surface area contributed by atoms with Crippen LogP contribution in [0.25, 0.3) is 11.4 Å². The van der Waals surface area contributed by atoms with Crippen LogP contribution >= 0.6 is 0 Å². The molecule has 0 unspecified atom stereocenters. The van der Waals surface area contributed by atoms with Crippen molar-refractivity contribution in [3.63, 3.8) is 0 Å². The number of nitrogens with zero attached hydrogens (tertiary/aromatic N) is 3. The van der Waals surface area contributed by atoms with Crippen molar-refractivity contribution < 1.29 is 0 Å². The van der Waals surface area contributed by atoms with Gasteiger partial charge in [0.05, 0.1) is 12.0 Å². The van der Waals surface area contributed by atoms with Crippen LogP contribution in [0.15, 0.2) is 59.8 Å². The Morgan fingerprint density at radius 1 is 1.00 bits per heavy atom. The normalized spacial score (nSPS) is 10.1. The van der Waals surface area contributed by atoms with Gasteiger partial charge in [0, 0.05) is 35.9 Å². The van der Waals surface area contributed by atoms with Gasteiger partial charge in [-0.3, -0.25) is 9.36 Å². The third-order valence-electron chi connectivity index (χ3n) is 3.53. The van der Waals surface area contributed by atoms with E-state index < -0.39 is 0 Å². The van der Waals surface area contributed by atoms with E-state index in [4.69, 9.17) is 5.73 Å². The standard InChI is InChI=1S/C16H16N4O.C2H6/c1-12-15(10-17)18-11-20(12)14-7-5-13(6-8-14)19-9-3-2-4-16(19)21;1-2/h2-9,11H,10,17H2,1H3;1-2H3. The monoisotopic (exact) mass is 310 g/mol. The Morgan fingerprint density at radius 2 is 1.61 bits per heavy atom. The molecule has 120 valence electrons. The molecule has 0 aliphatic rings. The van der Waals surface area contributed by atoms with Crippen molar-refractivity contribution in [2.75, 3.05) is 0 Å². The molecule has 3 aromatic rings. The lowest BCUT2D eigenvalue weighted by atomic mass is 10.2. The summed E-state index contributed by atoms with van der Waals surface area (Å²) in [5.74, 6) is 0. The number of hydrogen-bond donors (Lipinski definition) is 1. The van der Waals surface area contributed by atoms with E-state index in [1.807, 2.05) is 55.7 Å². The highest BCUT2D eigenvalue weighted by atomic mass is 16.1. The molecule has 0 spiro atoms. The molecule has 2 aromatic heterocycles. The first-order valence-electron chi connectivity index (χ1n) is 7.72. The van der Waals surface area contributed by atoms with Crippen LogP contribution in [-0.2, 0) is 6.54 Å². The van der Waals surface area contributed by atoms with Gasteiger partial charge in [0.2, 0.25) is 0 Å². The first-order valence-corrected chi connectivity index (χ1v) is 7.72. The maximum Gasteiger partial charge on any atom is 0.255 e. The molecule has 0 bridgehead atoms. The Morgan fingerprint density at radius 3 is 2.13 bits per heavy atom. The van der Waals surface area contributed by atoms with Gasteiger partial charge < -0.3 is 10.3 Å². The van der Waals surface area contributed by atoms with Crippen molar-refractivity contribution in [1.29, 1.82) is 0 Å². The summed E-state index contributed by atoms with van der Waals surface area (Å²) < 4.78 is 3.59. The van der Waals surface area contributed by atoms with E-state index in [1.54, 1.807) is 29.2 Å². The van der Waals surface area contributed by atoms with E-state index in [2.05, 4.69) is 4.98 Å². The number of benzene rings is 1. The number of nitrogens with two attached hydrogens (primary N) is 1. The summed E-state index contributed by atoms with van der Waals surface area (Å²) in [5.41, 5.74) is 9.34. The fraction of sp³-hybridized carbons (Fsp3) is 0.222. The highest BCUT2D eigenvalue weighted by Gasteiger charge is 2.06. The van der Waals surface area contributed by atoms with E-state index in [9.17, 15) is 4.79 Å². The first-order chi connectivity index (χ1) is 11.2. The third-order valence-corrected chi connectivity index (χ3v) is 3.53. The van der Waals surface area contributed by atoms with Crippen LogP contribution in [0.3, 0.4) is 0 Å². The molecule has 0 saturated carbocycles. The number of imidazole rings is 1. The lowest BCUT2D eigenvalue weighted by molar-refractivity contribution is 0.959. The van der Waals surface area contributed by atoms with Crippen molar-refractivity contribution in [2.24, 2.45) is 5.73 Å². The Bertz CT molecular complexity index is 816. The summed E-state index contributed by atoms with van der Waals surface area (Å²) in [5, 5.41) is 0. The SMILES string of the molecule is CC.Cc1c(CN)ncn1-c1ccc(-n2ccccc2=O)cc1. The predicted molar refractivity (Wildman–Crippen MR) is 93.1 cm³/mol. The molecule has 5 heteroatoms. The maximum atomic E-state index is 11.8. The van der Waals surface area contributed by atoms with Crippen LogP contribution in [0.4, 0.5) is 0 Å². The smallest absolute Gasteiger partial charge is 0.255 e. The zero-order chi connectivity index (χ0) is 16.8. The Balaban J connectivity index is 0.000000924. The molecule has 0 amide bonds. The molecular formula is C18H22N4O. The van der Waals surface area contributed by atoms with Gasteiger partial charge in [-0.25, -0.2) is 4.98 Å². The van der Waals surface area contributed by atoms with Crippen LogP contribution in [0, 0.1) is 6.92 Å². The average molecular weight is 310 g/mol. The number of rotatable bonds is 3. The van der Waals surface area contributed by atoms with Crippen molar-refractivity contribution in [3.05, 3.63) is 76.7 Å². The van der Waals surface area contributed by atoms with Crippen molar-refractivity contribution in [2.45, 2.75) is 27.3 Å². The minimum atomic E-state index is -0.0468. The molecule has 0 aliphatic heterocycles. The zero-order valence-corrected chi connectivity index (χ0v) is 13.7. The number of pyridine rings is 1. The molecule has 0 aliphatic carbocycles. The van der Waals surface area contributed by atoms with Crippen LogP contribution in [-0.4, -0.2) is 14.1 Å². The molecule has 23 heavy (non-hydrogen) atoms. The predicted octanol–water partition coefficient (Wildman–Crippen LogP) is 2.82. The molecule has 2 N–H and O–H groups in total. The van der Waals surface area contributed by atoms with Gasteiger partial charge in [0.15, 0.2) is 0 Å². The maximum absolute atomic E-state index is 11.8. The highest BCUT2D eigenvalue weighted by molar-refractivity contribution is 5.43. The summed E-state index contributed by atoms with van der Waals surface area (Å²) in [6.45, 7) is 6.42. The molecule has 0 atom stereocenters. The van der Waals surface area contributed by atoms with Gasteiger partial charge in [-0.05, 0) is 37.3 Å². The Labute approximate surface area is 136 Å². The van der Waals surface area contributed by atoms with E-state index in [-0.39, 0.29) is 5.56 Å². The van der Waals surface area contributed by atoms with Gasteiger partial charge >= 0.3 is 0 Å². The largest absolute Gasteiger partial charge is 0.325 e. The van der Waals surface area contributed by atoms with Gasteiger partial charge in [0.25, 0.3) is 5.56 Å². The second kappa shape index (κ2) is 7.56. The van der Waals surface area contributed by atoms with Crippen LogP contribution in [0.5, 0.6) is 0 Å². The molecule has 1 aromatic carbocycles. The van der Waals surface area contributed by atoms with E-state index in [0.717, 1.165) is 22.8 Å². The summed E-state index contributed by atoms with van der Waals surface area (Å²) >= 11 is 0. The van der Waals surface area contributed by atoms with Crippen molar-refractivity contribution >= 4 is 0 Å². The molecule has 0 radical (unpaired) electrons. The molecule has 0 saturated heterocycles. The van der Waals surface area contributed by atoms with Gasteiger partial charge in [-0.1, -0.05) is 19.9 Å². The number of hydrogen-bond acceptors (Lipinski definition) is 3. The lowest BCUT2D eigenvalue weighted by Gasteiger charge is -2.09. The fourth-order valence-corrected chi connectivity index (χ4v) is 2.32. The quantitative estimate of drug-likeness (QED) is 0.809. The average Bonchev–Trinajstić information content (AvgIpc) is 2.98. The lowest BCUT2D eigenvalue weighted by Crippen LogP contribution is -2.15. The van der Waals surface area contributed by atoms with Crippen molar-refractivity contribution in [3.8, 4) is 11.4 Å². The van der Waals surface area contributed by atoms with E-state index in [1.165, 1.54) is 0 Å². The van der Waals surface area contributed by atoms with Gasteiger partial charge in [-0.15, -0.1) is 0 Å². The summed E-state index contributed by atoms with van der Waals surface area (Å²) in [7, 11) is 0. The minimum Gasteiger partial charge on any atom is -0.325 e. The molecule has 3 rings (SSSR count). The second-order valence-corrected chi connectivity index (χ2v) is 4.78. The Hall–Kier alpha value is -2.66. The van der Waals surface area contributed by atoms with Crippen LogP contribution in [0.1, 0.15) is 25.2 Å². The highest BCUT2D eigenvalue weighted by Crippen LogP contribution is 2.16. The van der Waals surface area contributed by atoms with Crippen molar-refractivity contribution in [1.82, 2.24) is 14.1 Å². The Kier molecular flexibility index (Phi) is 5.49. The molecule has 5 nitrogen and oxygen atoms in total. The summed E-state index contributed by atoms with van der Waals surface area (Å²) in [6.07, 6.45) is 3.52. The fourth-order valence-electron chi connectivity index (χ4n) is 2.32. The summed E-state index contributed by atoms with van der Waals surface area (Å²) in [4.78, 5) is 16.1. The van der Waals surface area contributed by atoms with E-state index >= 15 is 0 Å².